The van der Waals surface area contributed by atoms with E-state index in [4.69, 9.17) is 20.8 Å². The van der Waals surface area contributed by atoms with Crippen molar-refractivity contribution in [3.63, 3.8) is 0 Å². The second-order valence-electron chi connectivity index (χ2n) is 15.9. The summed E-state index contributed by atoms with van der Waals surface area (Å²) in [6.07, 6.45) is 12.4. The largest absolute Gasteiger partial charge is 0.445 e. The third kappa shape index (κ3) is 10.9. The first-order valence-corrected chi connectivity index (χ1v) is 21.8. The molecule has 0 saturated carbocycles. The molecule has 3 N–H and O–H groups in total. The Morgan fingerprint density at radius 3 is 2.44 bits per heavy atom. The van der Waals surface area contributed by atoms with Crippen molar-refractivity contribution < 1.29 is 28.3 Å². The van der Waals surface area contributed by atoms with Crippen LogP contribution in [0.5, 0.6) is 11.8 Å². The van der Waals surface area contributed by atoms with Gasteiger partial charge < -0.3 is 34.2 Å². The number of aromatic nitrogens is 3. The van der Waals surface area contributed by atoms with Crippen molar-refractivity contribution in [1.29, 1.82) is 0 Å². The maximum Gasteiger partial charge on any atom is 0.300 e. The number of piperazine rings is 1. The molecule has 0 bridgehead atoms. The Labute approximate surface area is 366 Å². The average Bonchev–Trinajstić information content (AvgIpc) is 4.01. The zero-order chi connectivity index (χ0) is 43.6. The van der Waals surface area contributed by atoms with Gasteiger partial charge in [-0.3, -0.25) is 24.1 Å². The quantitative estimate of drug-likeness (QED) is 0.0511. The summed E-state index contributed by atoms with van der Waals surface area (Å²) in [5, 5.41) is 7.80. The van der Waals surface area contributed by atoms with Gasteiger partial charge in [0.1, 0.15) is 18.1 Å². The fourth-order valence-corrected chi connectivity index (χ4v) is 8.05. The molecule has 4 amide bonds. The maximum absolute atomic E-state index is 13.1. The summed E-state index contributed by atoms with van der Waals surface area (Å²) in [7, 11) is 2.02. The number of unbranched alkanes of at least 4 members (excludes halogenated alkanes) is 7. The molecular weight excluding hydrogens is 806 g/mol. The predicted molar refractivity (Wildman–Crippen MR) is 243 cm³/mol. The second kappa shape index (κ2) is 20.5. The van der Waals surface area contributed by atoms with Crippen LogP contribution < -0.4 is 20.3 Å². The highest BCUT2D eigenvalue weighted by Gasteiger charge is 2.28. The minimum absolute atomic E-state index is 0.0141. The van der Waals surface area contributed by atoms with Gasteiger partial charge in [0.25, 0.3) is 11.9 Å². The van der Waals surface area contributed by atoms with E-state index in [-0.39, 0.29) is 30.2 Å². The first kappa shape index (κ1) is 43.7. The van der Waals surface area contributed by atoms with Gasteiger partial charge in [0.15, 0.2) is 0 Å². The van der Waals surface area contributed by atoms with E-state index >= 15 is 0 Å². The number of fused-ring (bicyclic) bond motifs is 2. The molecule has 0 radical (unpaired) electrons. The lowest BCUT2D eigenvalue weighted by atomic mass is 10.0. The third-order valence-corrected chi connectivity index (χ3v) is 11.7. The molecule has 3 aromatic carbocycles. The van der Waals surface area contributed by atoms with Gasteiger partial charge in [0, 0.05) is 80.4 Å². The number of hydrogen-bond acceptors (Lipinski definition) is 7. The molecule has 4 heterocycles. The van der Waals surface area contributed by atoms with Crippen molar-refractivity contribution in [1.82, 2.24) is 30.1 Å². The third-order valence-electron chi connectivity index (χ3n) is 11.3. The fourth-order valence-electron chi connectivity index (χ4n) is 7.78. The minimum Gasteiger partial charge on any atom is -0.445 e. The molecule has 62 heavy (non-hydrogen) atoms. The smallest absolute Gasteiger partial charge is 0.300 e. The number of imidazole rings is 1. The summed E-state index contributed by atoms with van der Waals surface area (Å²) in [6.45, 7) is 7.37. The number of nitrogens with one attached hydrogen (secondary N) is 3. The van der Waals surface area contributed by atoms with E-state index in [0.717, 1.165) is 90.0 Å². The van der Waals surface area contributed by atoms with Gasteiger partial charge in [-0.2, -0.15) is 4.98 Å². The van der Waals surface area contributed by atoms with Crippen LogP contribution >= 0.6 is 11.6 Å². The molecule has 6 aromatic rings. The van der Waals surface area contributed by atoms with Crippen molar-refractivity contribution in [3.05, 3.63) is 107 Å². The van der Waals surface area contributed by atoms with E-state index in [9.17, 15) is 19.2 Å². The highest BCUT2D eigenvalue weighted by molar-refractivity contribution is 6.34. The summed E-state index contributed by atoms with van der Waals surface area (Å²) < 4.78 is 14.0. The van der Waals surface area contributed by atoms with Crippen LogP contribution in [0.2, 0.25) is 5.02 Å². The van der Waals surface area contributed by atoms with E-state index in [2.05, 4.69) is 56.0 Å². The van der Waals surface area contributed by atoms with Gasteiger partial charge in [-0.15, -0.1) is 0 Å². The number of aryl methyl sites for hydroxylation is 3. The summed E-state index contributed by atoms with van der Waals surface area (Å²) in [5.74, 6) is 0.944. The molecule has 0 spiro atoms. The average molecular weight is 860 g/mol. The SMILES string of the molecule is C=CC(=O)N1CCN(c2ccc(CCC(=O)NCCCCCCCCCCNC(=O)c3cc(Oc4nc5cc(-c6ccc7c(ccn7C)c6)c(Cl)cc5[nH]4)ccc3C)o2)C(=O)C1. The fraction of sp³-hybridized carbons (Fsp3) is 0.354. The molecule has 3 aromatic heterocycles. The number of carbonyl (C=O) groups excluding carboxylic acids is 4. The molecule has 1 saturated heterocycles. The monoisotopic (exact) mass is 859 g/mol. The molecule has 7 rings (SSSR count). The lowest BCUT2D eigenvalue weighted by Crippen LogP contribution is -2.52. The van der Waals surface area contributed by atoms with Crippen LogP contribution in [-0.2, 0) is 27.9 Å². The number of anilines is 1. The number of rotatable bonds is 20. The molecule has 324 valence electrons. The van der Waals surface area contributed by atoms with Crippen LogP contribution in [0.1, 0.15) is 79.5 Å². The lowest BCUT2D eigenvalue weighted by Gasteiger charge is -2.32. The standard InChI is InChI=1S/C48H54ClN7O6/c1-4-44(58)55-25-26-56(45(59)31-55)46-20-17-35(61-46)16-19-43(57)50-22-11-9-7-5-6-8-10-12-23-51-47(60)37-28-36(15-13-32(37)2)62-48-52-40-29-38(39(49)30-41(40)53-48)33-14-18-42-34(27-33)21-24-54(42)3/h4,13-15,17-18,20-21,24,27-30H,1,5-12,16,19,22-23,25-26,31H2,2-3H3,(H,50,57)(H,51,60)(H,52,53). The predicted octanol–water partition coefficient (Wildman–Crippen LogP) is 9.03. The van der Waals surface area contributed by atoms with Crippen LogP contribution in [0.25, 0.3) is 33.1 Å². The van der Waals surface area contributed by atoms with Gasteiger partial charge in [-0.05, 0) is 85.5 Å². The zero-order valence-electron chi connectivity index (χ0n) is 35.4. The summed E-state index contributed by atoms with van der Waals surface area (Å²) >= 11 is 6.73. The number of aromatic amines is 1. The Kier molecular flexibility index (Phi) is 14.4. The van der Waals surface area contributed by atoms with Gasteiger partial charge in [-0.1, -0.05) is 68.8 Å². The first-order valence-electron chi connectivity index (χ1n) is 21.4. The van der Waals surface area contributed by atoms with E-state index < -0.39 is 0 Å². The molecule has 1 fully saturated rings. The second-order valence-corrected chi connectivity index (χ2v) is 16.3. The Bertz CT molecular complexity index is 2570. The van der Waals surface area contributed by atoms with Crippen molar-refractivity contribution in [2.75, 3.05) is 37.6 Å². The van der Waals surface area contributed by atoms with Crippen molar-refractivity contribution >= 4 is 63.1 Å². The molecule has 13 nitrogen and oxygen atoms in total. The molecular formula is C48H54ClN7O6. The lowest BCUT2D eigenvalue weighted by molar-refractivity contribution is -0.133. The molecule has 1 aliphatic heterocycles. The Hall–Kier alpha value is -6.34. The molecule has 0 aliphatic carbocycles. The highest BCUT2D eigenvalue weighted by Crippen LogP contribution is 2.35. The van der Waals surface area contributed by atoms with Crippen molar-refractivity contribution in [2.45, 2.75) is 71.1 Å². The summed E-state index contributed by atoms with van der Waals surface area (Å²) in [6, 6.07) is 21.5. The normalized spacial score (nSPS) is 12.9. The number of halogens is 1. The summed E-state index contributed by atoms with van der Waals surface area (Å²) in [4.78, 5) is 60.7. The van der Waals surface area contributed by atoms with Crippen molar-refractivity contribution in [2.24, 2.45) is 7.05 Å². The van der Waals surface area contributed by atoms with Crippen LogP contribution in [0.3, 0.4) is 0 Å². The molecule has 14 heteroatoms. The van der Waals surface area contributed by atoms with Gasteiger partial charge in [0.2, 0.25) is 23.6 Å². The van der Waals surface area contributed by atoms with E-state index in [1.807, 2.05) is 44.4 Å². The number of benzene rings is 3. The number of H-pyrrole nitrogens is 1. The Balaban J connectivity index is 0.742. The minimum atomic E-state index is -0.264. The van der Waals surface area contributed by atoms with Gasteiger partial charge in [-0.25, -0.2) is 0 Å². The number of amides is 4. The first-order chi connectivity index (χ1) is 30.1. The molecule has 1 aliphatic rings. The number of nitrogens with zero attached hydrogens (tertiary/aromatic N) is 4. The maximum atomic E-state index is 13.1. The number of ether oxygens (including phenoxy) is 1. The number of carbonyl (C=O) groups is 4. The topological polar surface area (TPSA) is 155 Å². The molecule has 0 unspecified atom stereocenters. The van der Waals surface area contributed by atoms with Crippen LogP contribution in [-0.4, -0.2) is 75.8 Å². The zero-order valence-corrected chi connectivity index (χ0v) is 36.2. The van der Waals surface area contributed by atoms with Crippen molar-refractivity contribution in [3.8, 4) is 22.9 Å². The number of hydrogen-bond donors (Lipinski definition) is 3. The van der Waals surface area contributed by atoms with Gasteiger partial charge in [0.05, 0.1) is 16.1 Å². The number of furan rings is 1. The Morgan fingerprint density at radius 2 is 1.68 bits per heavy atom. The summed E-state index contributed by atoms with van der Waals surface area (Å²) in [5.41, 5.74) is 5.94. The van der Waals surface area contributed by atoms with E-state index in [1.54, 1.807) is 18.2 Å². The van der Waals surface area contributed by atoms with Crippen LogP contribution in [0, 0.1) is 6.92 Å². The molecule has 0 atom stereocenters. The highest BCUT2D eigenvalue weighted by atomic mass is 35.5. The van der Waals surface area contributed by atoms with Crippen LogP contribution in [0.15, 0.2) is 90.0 Å². The Morgan fingerprint density at radius 1 is 0.919 bits per heavy atom. The van der Waals surface area contributed by atoms with Crippen LogP contribution in [0.4, 0.5) is 5.88 Å². The van der Waals surface area contributed by atoms with E-state index in [0.29, 0.717) is 73.0 Å². The van der Waals surface area contributed by atoms with E-state index in [1.165, 1.54) is 15.9 Å². The van der Waals surface area contributed by atoms with Gasteiger partial charge >= 0.3 is 0 Å².